The first kappa shape index (κ1) is 18.6. The van der Waals surface area contributed by atoms with Gasteiger partial charge in [0.2, 0.25) is 0 Å². The summed E-state index contributed by atoms with van der Waals surface area (Å²) in [5.41, 5.74) is 1.45. The van der Waals surface area contributed by atoms with E-state index in [4.69, 9.17) is 35.4 Å². The number of fused-ring (bicyclic) bond motifs is 1. The van der Waals surface area contributed by atoms with Gasteiger partial charge in [-0.3, -0.25) is 14.6 Å². The van der Waals surface area contributed by atoms with Gasteiger partial charge in [-0.05, 0) is 55.0 Å². The van der Waals surface area contributed by atoms with E-state index in [9.17, 15) is 9.59 Å². The van der Waals surface area contributed by atoms with Crippen LogP contribution in [0.25, 0.3) is 10.9 Å². The summed E-state index contributed by atoms with van der Waals surface area (Å²) in [6, 6.07) is 9.76. The topological polar surface area (TPSA) is 69.0 Å². The number of rotatable bonds is 3. The van der Waals surface area contributed by atoms with Crippen LogP contribution < -0.4 is 5.56 Å². The highest BCUT2D eigenvalue weighted by atomic mass is 35.5. The number of H-pyrrole nitrogens is 2. The summed E-state index contributed by atoms with van der Waals surface area (Å²) in [5, 5.41) is 1.47. The number of aromatic amines is 2. The molecule has 2 aromatic carbocycles. The van der Waals surface area contributed by atoms with Crippen molar-refractivity contribution in [3.63, 3.8) is 0 Å². The van der Waals surface area contributed by atoms with Crippen molar-refractivity contribution in [2.45, 2.75) is 13.0 Å². The van der Waals surface area contributed by atoms with Crippen LogP contribution in [0.4, 0.5) is 0 Å². The normalized spacial score (nSPS) is 12.2. The smallest absolute Gasteiger partial charge is 0.259 e. The molecule has 0 saturated carbocycles. The fourth-order valence-corrected chi connectivity index (χ4v) is 3.50. The molecule has 1 amide bonds. The number of aromatic nitrogens is 2. The molecule has 1 aromatic heterocycles. The van der Waals surface area contributed by atoms with E-state index in [1.54, 1.807) is 48.3 Å². The zero-order valence-corrected chi connectivity index (χ0v) is 16.3. The van der Waals surface area contributed by atoms with Crippen LogP contribution in [-0.4, -0.2) is 27.8 Å². The molecule has 0 unspecified atom stereocenters. The summed E-state index contributed by atoms with van der Waals surface area (Å²) < 4.78 is 0.210. The summed E-state index contributed by atoms with van der Waals surface area (Å²) in [5.74, 6) is -0.204. The summed E-state index contributed by atoms with van der Waals surface area (Å²) in [6.07, 6.45) is 0. The lowest BCUT2D eigenvalue weighted by atomic mass is 10.1. The predicted octanol–water partition coefficient (Wildman–Crippen LogP) is 4.73. The Balaban J connectivity index is 1.96. The molecule has 5 nitrogen and oxygen atoms in total. The average Bonchev–Trinajstić information content (AvgIpc) is 2.59. The Morgan fingerprint density at radius 1 is 1.15 bits per heavy atom. The van der Waals surface area contributed by atoms with Crippen molar-refractivity contribution in [1.29, 1.82) is 0 Å². The third-order valence-electron chi connectivity index (χ3n) is 4.30. The molecule has 1 atom stereocenters. The number of hydrogen-bond donors (Lipinski definition) is 2. The maximum absolute atomic E-state index is 12.9. The fourth-order valence-electron chi connectivity index (χ4n) is 2.73. The first-order valence-electron chi connectivity index (χ1n) is 7.76. The third kappa shape index (κ3) is 3.53. The largest absolute Gasteiger partial charge is 0.335 e. The number of carbonyl (C=O) groups excluding carboxylic acids is 1. The second-order valence-corrected chi connectivity index (χ2v) is 7.18. The van der Waals surface area contributed by atoms with Gasteiger partial charge < -0.3 is 9.88 Å². The standard InChI is InChI=1S/C18H15Cl2N3O2S/c1-9(12-6-4-11(19)8-14(12)20)23(2)17(25)10-3-5-13-15(7-10)21-18(26)22-16(13)24/h3-9H,1-2H3,(H2,21,22,24,26)/t9-/m0/s1. The van der Waals surface area contributed by atoms with Gasteiger partial charge >= 0.3 is 0 Å². The van der Waals surface area contributed by atoms with Crippen LogP contribution >= 0.6 is 35.4 Å². The summed E-state index contributed by atoms with van der Waals surface area (Å²) in [6.45, 7) is 1.88. The van der Waals surface area contributed by atoms with Gasteiger partial charge in [0.1, 0.15) is 0 Å². The number of hydrogen-bond acceptors (Lipinski definition) is 3. The van der Waals surface area contributed by atoms with Crippen molar-refractivity contribution in [2.75, 3.05) is 7.05 Å². The van der Waals surface area contributed by atoms with Gasteiger partial charge in [-0.25, -0.2) is 0 Å². The molecular formula is C18H15Cl2N3O2S. The van der Waals surface area contributed by atoms with E-state index < -0.39 is 0 Å². The second-order valence-electron chi connectivity index (χ2n) is 5.93. The Hall–Kier alpha value is -2.15. The van der Waals surface area contributed by atoms with Gasteiger partial charge in [0.05, 0.1) is 16.9 Å². The Bertz CT molecular complexity index is 1120. The molecule has 0 bridgehead atoms. The molecule has 8 heteroatoms. The highest BCUT2D eigenvalue weighted by Crippen LogP contribution is 2.30. The molecular weight excluding hydrogens is 393 g/mol. The average molecular weight is 408 g/mol. The molecule has 2 N–H and O–H groups in total. The van der Waals surface area contributed by atoms with Crippen LogP contribution in [-0.2, 0) is 0 Å². The SMILES string of the molecule is C[C@@H](c1ccc(Cl)cc1Cl)N(C)C(=O)c1ccc2c(=O)[nH]c(=S)[nH]c2c1. The second kappa shape index (κ2) is 7.23. The molecule has 0 aliphatic heterocycles. The molecule has 26 heavy (non-hydrogen) atoms. The van der Waals surface area contributed by atoms with Crippen molar-refractivity contribution in [2.24, 2.45) is 0 Å². The van der Waals surface area contributed by atoms with Crippen LogP contribution in [0.2, 0.25) is 10.0 Å². The van der Waals surface area contributed by atoms with E-state index >= 15 is 0 Å². The van der Waals surface area contributed by atoms with Crippen molar-refractivity contribution in [3.8, 4) is 0 Å². The zero-order valence-electron chi connectivity index (χ0n) is 14.0. The van der Waals surface area contributed by atoms with E-state index in [-0.39, 0.29) is 22.3 Å². The zero-order chi connectivity index (χ0) is 19.0. The molecule has 0 saturated heterocycles. The van der Waals surface area contributed by atoms with Gasteiger partial charge in [0.25, 0.3) is 11.5 Å². The summed E-state index contributed by atoms with van der Waals surface area (Å²) in [7, 11) is 1.70. The molecule has 0 radical (unpaired) electrons. The highest BCUT2D eigenvalue weighted by Gasteiger charge is 2.21. The van der Waals surface area contributed by atoms with Crippen molar-refractivity contribution in [3.05, 3.63) is 72.7 Å². The van der Waals surface area contributed by atoms with E-state index in [1.165, 1.54) is 0 Å². The highest BCUT2D eigenvalue weighted by molar-refractivity contribution is 7.71. The number of carbonyl (C=O) groups is 1. The fraction of sp³-hybridized carbons (Fsp3) is 0.167. The number of benzene rings is 2. The maximum atomic E-state index is 12.9. The van der Waals surface area contributed by atoms with Crippen molar-refractivity contribution < 1.29 is 4.79 Å². The Morgan fingerprint density at radius 2 is 1.88 bits per heavy atom. The Morgan fingerprint density at radius 3 is 2.58 bits per heavy atom. The summed E-state index contributed by atoms with van der Waals surface area (Å²) in [4.78, 5) is 31.8. The van der Waals surface area contributed by atoms with Crippen molar-refractivity contribution >= 4 is 52.2 Å². The number of halogens is 2. The van der Waals surface area contributed by atoms with Crippen LogP contribution in [0, 0.1) is 4.77 Å². The summed E-state index contributed by atoms with van der Waals surface area (Å²) >= 11 is 17.2. The number of nitrogens with zero attached hydrogens (tertiary/aromatic N) is 1. The van der Waals surface area contributed by atoms with E-state index in [1.807, 2.05) is 6.92 Å². The third-order valence-corrected chi connectivity index (χ3v) is 5.07. The minimum Gasteiger partial charge on any atom is -0.335 e. The number of amides is 1. The molecule has 134 valence electrons. The van der Waals surface area contributed by atoms with E-state index in [0.717, 1.165) is 5.56 Å². The maximum Gasteiger partial charge on any atom is 0.259 e. The first-order chi connectivity index (χ1) is 12.3. The van der Waals surface area contributed by atoms with Gasteiger partial charge in [0.15, 0.2) is 4.77 Å². The van der Waals surface area contributed by atoms with Gasteiger partial charge in [-0.15, -0.1) is 0 Å². The molecule has 3 rings (SSSR count). The van der Waals surface area contributed by atoms with Gasteiger partial charge in [-0.1, -0.05) is 29.3 Å². The van der Waals surface area contributed by atoms with Crippen LogP contribution in [0.5, 0.6) is 0 Å². The van der Waals surface area contributed by atoms with Crippen LogP contribution in [0.1, 0.15) is 28.9 Å². The Labute approximate surface area is 164 Å². The van der Waals surface area contributed by atoms with Crippen molar-refractivity contribution in [1.82, 2.24) is 14.9 Å². The molecule has 3 aromatic rings. The minimum absolute atomic E-state index is 0.204. The monoisotopic (exact) mass is 407 g/mol. The molecule has 0 aliphatic carbocycles. The van der Waals surface area contributed by atoms with Crippen LogP contribution in [0.3, 0.4) is 0 Å². The lowest BCUT2D eigenvalue weighted by Gasteiger charge is -2.26. The molecule has 0 fully saturated rings. The molecule has 0 aliphatic rings. The quantitative estimate of drug-likeness (QED) is 0.616. The molecule has 0 spiro atoms. The first-order valence-corrected chi connectivity index (χ1v) is 8.93. The minimum atomic E-state index is -0.294. The number of nitrogens with one attached hydrogen (secondary N) is 2. The van der Waals surface area contributed by atoms with Gasteiger partial charge in [0, 0.05) is 22.7 Å². The lowest BCUT2D eigenvalue weighted by molar-refractivity contribution is 0.0743. The van der Waals surface area contributed by atoms with E-state index in [0.29, 0.717) is 26.5 Å². The predicted molar refractivity (Wildman–Crippen MR) is 107 cm³/mol. The Kier molecular flexibility index (Phi) is 5.18. The van der Waals surface area contributed by atoms with Crippen LogP contribution in [0.15, 0.2) is 41.2 Å². The van der Waals surface area contributed by atoms with Gasteiger partial charge in [-0.2, -0.15) is 0 Å². The lowest BCUT2D eigenvalue weighted by Crippen LogP contribution is -2.30. The molecule has 1 heterocycles. The van der Waals surface area contributed by atoms with E-state index in [2.05, 4.69) is 9.97 Å².